The van der Waals surface area contributed by atoms with Gasteiger partial charge >= 0.3 is 0 Å². The Hall–Kier alpha value is -3.04. The summed E-state index contributed by atoms with van der Waals surface area (Å²) in [7, 11) is -2.22. The highest BCUT2D eigenvalue weighted by molar-refractivity contribution is 7.90. The highest BCUT2D eigenvalue weighted by atomic mass is 32.2. The van der Waals surface area contributed by atoms with Crippen LogP contribution in [0.4, 0.5) is 4.39 Å². The van der Waals surface area contributed by atoms with E-state index < -0.39 is 21.6 Å². The number of hydrogen-bond donors (Lipinski definition) is 0. The van der Waals surface area contributed by atoms with Gasteiger partial charge in [0.1, 0.15) is 5.82 Å². The molecule has 0 radical (unpaired) electrons. The summed E-state index contributed by atoms with van der Waals surface area (Å²) in [5.74, 6) is -1.16. The third-order valence-corrected chi connectivity index (χ3v) is 6.83. The van der Waals surface area contributed by atoms with Gasteiger partial charge in [0.2, 0.25) is 15.0 Å². The molecule has 182 valence electrons. The van der Waals surface area contributed by atoms with Crippen LogP contribution in [-0.4, -0.2) is 49.0 Å². The van der Waals surface area contributed by atoms with Gasteiger partial charge < -0.3 is 14.2 Å². The number of benzene rings is 2. The van der Waals surface area contributed by atoms with Gasteiger partial charge in [-0.25, -0.2) is 17.8 Å². The van der Waals surface area contributed by atoms with Crippen molar-refractivity contribution in [1.82, 2.24) is 14.5 Å². The van der Waals surface area contributed by atoms with E-state index in [0.717, 1.165) is 0 Å². The SMILES string of the molecule is COCCN(Cc1cnc(S(=O)(=O)Cc2ccccc2)n1CC(C)C)C(=O)c1ccccc1F. The molecule has 0 aliphatic carbocycles. The van der Waals surface area contributed by atoms with Crippen molar-refractivity contribution in [1.29, 1.82) is 0 Å². The zero-order valence-electron chi connectivity index (χ0n) is 19.6. The Labute approximate surface area is 200 Å². The molecule has 0 aliphatic rings. The number of amides is 1. The summed E-state index contributed by atoms with van der Waals surface area (Å²) in [4.78, 5) is 18.8. The van der Waals surface area contributed by atoms with Crippen molar-refractivity contribution >= 4 is 15.7 Å². The molecular formula is C25H30FN3O4S. The first-order valence-electron chi connectivity index (χ1n) is 11.1. The van der Waals surface area contributed by atoms with Gasteiger partial charge in [-0.05, 0) is 23.6 Å². The van der Waals surface area contributed by atoms with Crippen molar-refractivity contribution in [3.05, 3.63) is 83.4 Å². The molecule has 1 heterocycles. The van der Waals surface area contributed by atoms with E-state index >= 15 is 0 Å². The van der Waals surface area contributed by atoms with E-state index in [1.54, 1.807) is 34.9 Å². The minimum absolute atomic E-state index is 0.0370. The fourth-order valence-corrected chi connectivity index (χ4v) is 5.14. The first-order chi connectivity index (χ1) is 16.2. The second-order valence-corrected chi connectivity index (χ2v) is 10.4. The highest BCUT2D eigenvalue weighted by Gasteiger charge is 2.27. The second-order valence-electron chi connectivity index (χ2n) is 8.48. The highest BCUT2D eigenvalue weighted by Crippen LogP contribution is 2.21. The number of carbonyl (C=O) groups is 1. The van der Waals surface area contributed by atoms with Gasteiger partial charge in [-0.15, -0.1) is 0 Å². The number of rotatable bonds is 11. The van der Waals surface area contributed by atoms with E-state index in [1.165, 1.54) is 36.4 Å². The number of aromatic nitrogens is 2. The van der Waals surface area contributed by atoms with E-state index in [4.69, 9.17) is 4.74 Å². The Bertz CT molecular complexity index is 1210. The van der Waals surface area contributed by atoms with Crippen LogP contribution >= 0.6 is 0 Å². The predicted octanol–water partition coefficient (Wildman–Crippen LogP) is 3.94. The summed E-state index contributed by atoms with van der Waals surface area (Å²) in [5.41, 5.74) is 1.17. The molecule has 9 heteroatoms. The molecule has 0 spiro atoms. The van der Waals surface area contributed by atoms with E-state index in [2.05, 4.69) is 4.98 Å². The summed E-state index contributed by atoms with van der Waals surface area (Å²) >= 11 is 0. The molecule has 0 aliphatic heterocycles. The smallest absolute Gasteiger partial charge is 0.257 e. The Kier molecular flexibility index (Phi) is 8.57. The van der Waals surface area contributed by atoms with Crippen molar-refractivity contribution in [3.8, 4) is 0 Å². The van der Waals surface area contributed by atoms with Gasteiger partial charge in [0.15, 0.2) is 0 Å². The molecule has 3 aromatic rings. The fourth-order valence-electron chi connectivity index (χ4n) is 3.64. The average molecular weight is 488 g/mol. The molecule has 3 rings (SSSR count). The number of ether oxygens (including phenoxy) is 1. The van der Waals surface area contributed by atoms with Crippen LogP contribution in [0.3, 0.4) is 0 Å². The Morgan fingerprint density at radius 3 is 2.44 bits per heavy atom. The Balaban J connectivity index is 1.96. The second kappa shape index (κ2) is 11.4. The van der Waals surface area contributed by atoms with Crippen LogP contribution in [0.1, 0.15) is 35.5 Å². The molecule has 0 N–H and O–H groups in total. The van der Waals surface area contributed by atoms with Gasteiger partial charge in [-0.1, -0.05) is 56.3 Å². The van der Waals surface area contributed by atoms with E-state index in [0.29, 0.717) is 17.8 Å². The lowest BCUT2D eigenvalue weighted by Crippen LogP contribution is -2.35. The lowest BCUT2D eigenvalue weighted by atomic mass is 10.1. The number of hydrogen-bond acceptors (Lipinski definition) is 5. The predicted molar refractivity (Wildman–Crippen MR) is 127 cm³/mol. The van der Waals surface area contributed by atoms with Crippen LogP contribution < -0.4 is 0 Å². The van der Waals surface area contributed by atoms with Crippen LogP contribution in [0.2, 0.25) is 0 Å². The molecule has 0 saturated carbocycles. The Morgan fingerprint density at radius 1 is 1.12 bits per heavy atom. The minimum Gasteiger partial charge on any atom is -0.383 e. The lowest BCUT2D eigenvalue weighted by Gasteiger charge is -2.24. The van der Waals surface area contributed by atoms with Gasteiger partial charge in [0.25, 0.3) is 5.91 Å². The molecule has 1 aromatic heterocycles. The average Bonchev–Trinajstić information content (AvgIpc) is 3.19. The molecule has 0 atom stereocenters. The summed E-state index contributed by atoms with van der Waals surface area (Å²) in [5, 5.41) is -0.0370. The quantitative estimate of drug-likeness (QED) is 0.409. The number of sulfone groups is 1. The third-order valence-electron chi connectivity index (χ3n) is 5.24. The largest absolute Gasteiger partial charge is 0.383 e. The first kappa shape index (κ1) is 25.6. The van der Waals surface area contributed by atoms with Gasteiger partial charge in [-0.2, -0.15) is 0 Å². The number of imidazole rings is 1. The number of methoxy groups -OCH3 is 1. The molecule has 0 fully saturated rings. The van der Waals surface area contributed by atoms with Crippen LogP contribution in [0.5, 0.6) is 0 Å². The van der Waals surface area contributed by atoms with Crippen molar-refractivity contribution in [2.75, 3.05) is 20.3 Å². The maximum Gasteiger partial charge on any atom is 0.257 e. The van der Waals surface area contributed by atoms with E-state index in [9.17, 15) is 17.6 Å². The number of nitrogens with zero attached hydrogens (tertiary/aromatic N) is 3. The molecule has 1 amide bonds. The number of halogens is 1. The standard InChI is InChI=1S/C25H30FN3O4S/c1-19(2)16-29-21(15-27-25(29)34(31,32)18-20-9-5-4-6-10-20)17-28(13-14-33-3)24(30)22-11-7-8-12-23(22)26/h4-12,15,19H,13-14,16-18H2,1-3H3. The zero-order chi connectivity index (χ0) is 24.7. The lowest BCUT2D eigenvalue weighted by molar-refractivity contribution is 0.0670. The van der Waals surface area contributed by atoms with Crippen molar-refractivity contribution in [2.45, 2.75) is 37.8 Å². The first-order valence-corrected chi connectivity index (χ1v) is 12.7. The van der Waals surface area contributed by atoms with Crippen LogP contribution in [0.25, 0.3) is 0 Å². The van der Waals surface area contributed by atoms with Crippen LogP contribution in [0, 0.1) is 11.7 Å². The third kappa shape index (κ3) is 6.30. The zero-order valence-corrected chi connectivity index (χ0v) is 20.5. The van der Waals surface area contributed by atoms with Gasteiger partial charge in [0, 0.05) is 20.2 Å². The van der Waals surface area contributed by atoms with Gasteiger partial charge in [-0.3, -0.25) is 4.79 Å². The molecular weight excluding hydrogens is 457 g/mol. The summed E-state index contributed by atoms with van der Waals surface area (Å²) < 4.78 is 47.6. The maximum absolute atomic E-state index is 14.3. The molecule has 7 nitrogen and oxygen atoms in total. The monoisotopic (exact) mass is 487 g/mol. The fraction of sp³-hybridized carbons (Fsp3) is 0.360. The topological polar surface area (TPSA) is 81.5 Å². The van der Waals surface area contributed by atoms with Crippen molar-refractivity contribution in [3.63, 3.8) is 0 Å². The minimum atomic E-state index is -3.74. The number of carbonyl (C=O) groups excluding carboxylic acids is 1. The summed E-state index contributed by atoms with van der Waals surface area (Å²) in [6.45, 7) is 4.89. The van der Waals surface area contributed by atoms with E-state index in [1.807, 2.05) is 19.9 Å². The van der Waals surface area contributed by atoms with Crippen molar-refractivity contribution < 1.29 is 22.3 Å². The van der Waals surface area contributed by atoms with Crippen LogP contribution in [-0.2, 0) is 33.4 Å². The van der Waals surface area contributed by atoms with Crippen LogP contribution in [0.15, 0.2) is 66.0 Å². The molecule has 0 unspecified atom stereocenters. The molecule has 0 saturated heterocycles. The molecule has 0 bridgehead atoms. The molecule has 34 heavy (non-hydrogen) atoms. The maximum atomic E-state index is 14.3. The summed E-state index contributed by atoms with van der Waals surface area (Å²) in [6, 6.07) is 14.7. The van der Waals surface area contributed by atoms with Crippen molar-refractivity contribution in [2.24, 2.45) is 5.92 Å². The Morgan fingerprint density at radius 2 is 1.79 bits per heavy atom. The molecule has 2 aromatic carbocycles. The van der Waals surface area contributed by atoms with Gasteiger partial charge in [0.05, 0.1) is 36.4 Å². The van der Waals surface area contributed by atoms with E-state index in [-0.39, 0.29) is 42.1 Å². The normalized spacial score (nSPS) is 11.7. The summed E-state index contributed by atoms with van der Waals surface area (Å²) in [6.07, 6.45) is 1.48.